The maximum atomic E-state index is 9.37. The van der Waals surface area contributed by atoms with E-state index in [1.165, 1.54) is 0 Å². The van der Waals surface area contributed by atoms with E-state index in [1.807, 2.05) is 0 Å². The summed E-state index contributed by atoms with van der Waals surface area (Å²) in [4.78, 5) is 0. The molecule has 5 nitrogen and oxygen atoms in total. The molecule has 0 spiro atoms. The monoisotopic (exact) mass is 212 g/mol. The second kappa shape index (κ2) is 5.09. The molecule has 13 heavy (non-hydrogen) atoms. The molecular formula is C7H17ClN2O3. The first-order valence-corrected chi connectivity index (χ1v) is 4.08. The molecule has 6 heteroatoms. The SMILES string of the molecule is C[C@@H]1N[C@@H](CN)[C@@H](O)[C@H](O)[C@@H]1O.Cl. The lowest BCUT2D eigenvalue weighted by Gasteiger charge is -2.39. The van der Waals surface area contributed by atoms with Crippen molar-refractivity contribution >= 4 is 12.4 Å². The Morgan fingerprint density at radius 2 is 1.69 bits per heavy atom. The Hall–Kier alpha value is 0.0900. The van der Waals surface area contributed by atoms with Crippen LogP contribution >= 0.6 is 12.4 Å². The summed E-state index contributed by atoms with van der Waals surface area (Å²) in [7, 11) is 0. The minimum atomic E-state index is -1.10. The predicted octanol–water partition coefficient (Wildman–Crippen LogP) is -2.19. The van der Waals surface area contributed by atoms with Gasteiger partial charge in [-0.1, -0.05) is 0 Å². The van der Waals surface area contributed by atoms with Gasteiger partial charge in [-0.05, 0) is 6.92 Å². The number of halogens is 1. The van der Waals surface area contributed by atoms with E-state index in [0.717, 1.165) is 0 Å². The van der Waals surface area contributed by atoms with Crippen molar-refractivity contribution in [3.05, 3.63) is 0 Å². The van der Waals surface area contributed by atoms with Crippen LogP contribution in [-0.2, 0) is 0 Å². The third-order valence-electron chi connectivity index (χ3n) is 2.36. The molecular weight excluding hydrogens is 196 g/mol. The second-order valence-electron chi connectivity index (χ2n) is 3.27. The molecule has 0 saturated carbocycles. The maximum absolute atomic E-state index is 9.37. The Kier molecular flexibility index (Phi) is 5.13. The van der Waals surface area contributed by atoms with Crippen LogP contribution in [0, 0.1) is 0 Å². The Balaban J connectivity index is 0.00000144. The summed E-state index contributed by atoms with van der Waals surface area (Å²) in [5.41, 5.74) is 5.35. The van der Waals surface area contributed by atoms with Gasteiger partial charge >= 0.3 is 0 Å². The summed E-state index contributed by atoms with van der Waals surface area (Å²) in [6.07, 6.45) is -3.02. The van der Waals surface area contributed by atoms with Gasteiger partial charge < -0.3 is 26.4 Å². The predicted molar refractivity (Wildman–Crippen MR) is 50.7 cm³/mol. The van der Waals surface area contributed by atoms with Crippen LogP contribution < -0.4 is 11.1 Å². The molecule has 0 aromatic rings. The van der Waals surface area contributed by atoms with E-state index < -0.39 is 18.3 Å². The molecule has 6 N–H and O–H groups in total. The molecule has 0 bridgehead atoms. The first-order chi connectivity index (χ1) is 5.57. The highest BCUT2D eigenvalue weighted by Crippen LogP contribution is 2.14. The topological polar surface area (TPSA) is 98.7 Å². The summed E-state index contributed by atoms with van der Waals surface area (Å²) >= 11 is 0. The molecule has 0 radical (unpaired) electrons. The minimum Gasteiger partial charge on any atom is -0.389 e. The lowest BCUT2D eigenvalue weighted by atomic mass is 9.91. The van der Waals surface area contributed by atoms with Crippen molar-refractivity contribution in [2.45, 2.75) is 37.3 Å². The molecule has 0 aromatic carbocycles. The van der Waals surface area contributed by atoms with Gasteiger partial charge in [0.05, 0.1) is 12.2 Å². The van der Waals surface area contributed by atoms with Crippen LogP contribution in [0.25, 0.3) is 0 Å². The Morgan fingerprint density at radius 3 is 2.15 bits per heavy atom. The quantitative estimate of drug-likeness (QED) is 0.340. The third kappa shape index (κ3) is 2.52. The van der Waals surface area contributed by atoms with Crippen LogP contribution in [-0.4, -0.2) is 52.3 Å². The molecule has 0 aromatic heterocycles. The molecule has 0 aliphatic carbocycles. The number of rotatable bonds is 1. The van der Waals surface area contributed by atoms with Gasteiger partial charge in [0.1, 0.15) is 6.10 Å². The standard InChI is InChI=1S/C7H16N2O3.ClH/c1-3-5(10)7(12)6(11)4(2-8)9-3;/h3-7,9-12H,2,8H2,1H3;1H/t3-,4-,5+,6+,7+;/m0./s1. The van der Waals surface area contributed by atoms with Gasteiger partial charge in [-0.25, -0.2) is 0 Å². The highest BCUT2D eigenvalue weighted by Gasteiger charge is 2.39. The molecule has 1 rings (SSSR count). The Morgan fingerprint density at radius 1 is 1.15 bits per heavy atom. The highest BCUT2D eigenvalue weighted by molar-refractivity contribution is 5.85. The van der Waals surface area contributed by atoms with Gasteiger partial charge in [0.25, 0.3) is 0 Å². The smallest absolute Gasteiger partial charge is 0.109 e. The lowest BCUT2D eigenvalue weighted by Crippen LogP contribution is -2.65. The molecule has 1 aliphatic rings. The van der Waals surface area contributed by atoms with E-state index in [-0.39, 0.29) is 31.0 Å². The van der Waals surface area contributed by atoms with Crippen LogP contribution in [0.3, 0.4) is 0 Å². The summed E-state index contributed by atoms with van der Waals surface area (Å²) in [5, 5.41) is 30.9. The normalized spacial score (nSPS) is 45.5. The number of hydrogen-bond donors (Lipinski definition) is 5. The van der Waals surface area contributed by atoms with E-state index >= 15 is 0 Å². The molecule has 0 unspecified atom stereocenters. The number of aliphatic hydroxyl groups is 3. The van der Waals surface area contributed by atoms with Crippen LogP contribution in [0.4, 0.5) is 0 Å². The highest BCUT2D eigenvalue weighted by atomic mass is 35.5. The van der Waals surface area contributed by atoms with E-state index in [0.29, 0.717) is 0 Å². The first-order valence-electron chi connectivity index (χ1n) is 4.08. The molecule has 1 fully saturated rings. The Bertz CT molecular complexity index is 156. The van der Waals surface area contributed by atoms with E-state index in [9.17, 15) is 15.3 Å². The molecule has 1 saturated heterocycles. The summed E-state index contributed by atoms with van der Waals surface area (Å²) in [5.74, 6) is 0. The third-order valence-corrected chi connectivity index (χ3v) is 2.36. The van der Waals surface area contributed by atoms with Crippen LogP contribution in [0.5, 0.6) is 0 Å². The summed E-state index contributed by atoms with van der Waals surface area (Å²) in [6, 6.07) is -0.574. The fourth-order valence-electron chi connectivity index (χ4n) is 1.48. The van der Waals surface area contributed by atoms with Crippen molar-refractivity contribution in [3.8, 4) is 0 Å². The summed E-state index contributed by atoms with van der Waals surface area (Å²) in [6.45, 7) is 1.98. The summed E-state index contributed by atoms with van der Waals surface area (Å²) < 4.78 is 0. The average molecular weight is 213 g/mol. The van der Waals surface area contributed by atoms with Gasteiger partial charge in [0.2, 0.25) is 0 Å². The zero-order chi connectivity index (χ0) is 9.30. The van der Waals surface area contributed by atoms with E-state index in [4.69, 9.17) is 5.73 Å². The lowest BCUT2D eigenvalue weighted by molar-refractivity contribution is -0.108. The number of nitrogens with two attached hydrogens (primary N) is 1. The largest absolute Gasteiger partial charge is 0.389 e. The van der Waals surface area contributed by atoms with Crippen LogP contribution in [0.2, 0.25) is 0 Å². The van der Waals surface area contributed by atoms with Crippen LogP contribution in [0.1, 0.15) is 6.92 Å². The maximum Gasteiger partial charge on any atom is 0.109 e. The molecule has 0 amide bonds. The van der Waals surface area contributed by atoms with Gasteiger partial charge in [-0.3, -0.25) is 0 Å². The van der Waals surface area contributed by atoms with Crippen molar-refractivity contribution in [2.75, 3.05) is 6.54 Å². The molecule has 5 atom stereocenters. The van der Waals surface area contributed by atoms with Crippen molar-refractivity contribution in [3.63, 3.8) is 0 Å². The molecule has 80 valence electrons. The molecule has 1 aliphatic heterocycles. The first kappa shape index (κ1) is 13.1. The van der Waals surface area contributed by atoms with Crippen LogP contribution in [0.15, 0.2) is 0 Å². The number of hydrogen-bond acceptors (Lipinski definition) is 5. The van der Waals surface area contributed by atoms with E-state index in [1.54, 1.807) is 6.92 Å². The second-order valence-corrected chi connectivity index (χ2v) is 3.27. The number of nitrogens with one attached hydrogen (secondary N) is 1. The van der Waals surface area contributed by atoms with E-state index in [2.05, 4.69) is 5.32 Å². The van der Waals surface area contributed by atoms with Crippen molar-refractivity contribution in [2.24, 2.45) is 5.73 Å². The van der Waals surface area contributed by atoms with Crippen molar-refractivity contribution in [1.29, 1.82) is 0 Å². The van der Waals surface area contributed by atoms with Gasteiger partial charge in [0.15, 0.2) is 0 Å². The molecule has 1 heterocycles. The van der Waals surface area contributed by atoms with Gasteiger partial charge in [-0.2, -0.15) is 0 Å². The number of aliphatic hydroxyl groups excluding tert-OH is 3. The van der Waals surface area contributed by atoms with Gasteiger partial charge in [-0.15, -0.1) is 12.4 Å². The average Bonchev–Trinajstić information content (AvgIpc) is 2.08. The zero-order valence-electron chi connectivity index (χ0n) is 7.42. The minimum absolute atomic E-state index is 0. The zero-order valence-corrected chi connectivity index (χ0v) is 8.24. The van der Waals surface area contributed by atoms with Crippen molar-refractivity contribution < 1.29 is 15.3 Å². The van der Waals surface area contributed by atoms with Gasteiger partial charge in [0, 0.05) is 18.6 Å². The Labute approximate surface area is 83.3 Å². The van der Waals surface area contributed by atoms with Crippen molar-refractivity contribution in [1.82, 2.24) is 5.32 Å². The fraction of sp³-hybridized carbons (Fsp3) is 1.00. The number of piperidine rings is 1. The fourth-order valence-corrected chi connectivity index (χ4v) is 1.48.